The molecule has 5 nitrogen and oxygen atoms in total. The number of Topliss-reactive ketones (excluding diaryl/α,β-unsaturated/α-hetero) is 2. The standard InChI is InChI=1S/C22H17ClFNO4/c23-16-3-1-2-15(10-16)11-18-8-9-19(20(26)12-21(27)22(28)29)25(18)13-14-4-6-17(24)7-5-14/h1-10H,11-13H2,(H,28,29). The van der Waals surface area contributed by atoms with Crippen LogP contribution in [0, 0.1) is 5.82 Å². The fourth-order valence-electron chi connectivity index (χ4n) is 3.03. The van der Waals surface area contributed by atoms with Gasteiger partial charge in [0, 0.05) is 23.7 Å². The van der Waals surface area contributed by atoms with E-state index >= 15 is 0 Å². The van der Waals surface area contributed by atoms with Crippen LogP contribution in [0.3, 0.4) is 0 Å². The van der Waals surface area contributed by atoms with Crippen molar-refractivity contribution in [3.63, 3.8) is 0 Å². The molecule has 0 aliphatic heterocycles. The van der Waals surface area contributed by atoms with Crippen molar-refractivity contribution in [2.75, 3.05) is 0 Å². The fraction of sp³-hybridized carbons (Fsp3) is 0.136. The molecule has 3 aromatic rings. The molecule has 1 heterocycles. The average Bonchev–Trinajstić information content (AvgIpc) is 3.06. The van der Waals surface area contributed by atoms with Gasteiger partial charge in [-0.25, -0.2) is 9.18 Å². The van der Waals surface area contributed by atoms with Crippen LogP contribution in [0.2, 0.25) is 5.02 Å². The lowest BCUT2D eigenvalue weighted by Gasteiger charge is -2.14. The predicted molar refractivity (Wildman–Crippen MR) is 106 cm³/mol. The highest BCUT2D eigenvalue weighted by Gasteiger charge is 2.22. The first kappa shape index (κ1) is 20.5. The van der Waals surface area contributed by atoms with Crippen molar-refractivity contribution in [2.24, 2.45) is 0 Å². The molecule has 1 aromatic heterocycles. The van der Waals surface area contributed by atoms with E-state index in [0.717, 1.165) is 16.8 Å². The summed E-state index contributed by atoms with van der Waals surface area (Å²) in [5.41, 5.74) is 2.69. The summed E-state index contributed by atoms with van der Waals surface area (Å²) in [4.78, 5) is 34.8. The van der Waals surface area contributed by atoms with E-state index in [-0.39, 0.29) is 18.1 Å². The van der Waals surface area contributed by atoms with Crippen molar-refractivity contribution in [3.8, 4) is 0 Å². The Morgan fingerprint density at radius 3 is 2.34 bits per heavy atom. The van der Waals surface area contributed by atoms with E-state index in [1.54, 1.807) is 34.9 Å². The maximum atomic E-state index is 13.2. The topological polar surface area (TPSA) is 76.4 Å². The molecule has 1 N–H and O–H groups in total. The zero-order valence-electron chi connectivity index (χ0n) is 15.3. The van der Waals surface area contributed by atoms with Crippen molar-refractivity contribution in [2.45, 2.75) is 19.4 Å². The molecular weight excluding hydrogens is 397 g/mol. The molecule has 2 aromatic carbocycles. The second kappa shape index (κ2) is 8.84. The van der Waals surface area contributed by atoms with Gasteiger partial charge in [0.15, 0.2) is 5.78 Å². The average molecular weight is 414 g/mol. The molecular formula is C22H17ClFNO4. The zero-order valence-corrected chi connectivity index (χ0v) is 16.0. The minimum absolute atomic E-state index is 0.223. The molecule has 29 heavy (non-hydrogen) atoms. The van der Waals surface area contributed by atoms with Crippen molar-refractivity contribution in [1.29, 1.82) is 0 Å². The highest BCUT2D eigenvalue weighted by molar-refractivity contribution is 6.37. The number of rotatable bonds is 8. The smallest absolute Gasteiger partial charge is 0.372 e. The van der Waals surface area contributed by atoms with Gasteiger partial charge in [0.2, 0.25) is 5.78 Å². The van der Waals surface area contributed by atoms with E-state index in [1.807, 2.05) is 18.2 Å². The number of aliphatic carboxylic acids is 1. The largest absolute Gasteiger partial charge is 0.475 e. The number of hydrogen-bond acceptors (Lipinski definition) is 3. The van der Waals surface area contributed by atoms with Gasteiger partial charge in [-0.15, -0.1) is 0 Å². The second-order valence-electron chi connectivity index (χ2n) is 6.56. The maximum absolute atomic E-state index is 13.2. The summed E-state index contributed by atoms with van der Waals surface area (Å²) in [6.45, 7) is 0.269. The lowest BCUT2D eigenvalue weighted by molar-refractivity contribution is -0.148. The third kappa shape index (κ3) is 5.18. The maximum Gasteiger partial charge on any atom is 0.372 e. The van der Waals surface area contributed by atoms with Crippen LogP contribution in [0.1, 0.15) is 33.7 Å². The number of ketones is 2. The first-order valence-electron chi connectivity index (χ1n) is 8.80. The molecule has 0 fully saturated rings. The summed E-state index contributed by atoms with van der Waals surface area (Å²) in [6.07, 6.45) is -0.249. The normalized spacial score (nSPS) is 10.7. The Hall–Kier alpha value is -3.25. The number of nitrogens with zero attached hydrogens (tertiary/aromatic N) is 1. The van der Waals surface area contributed by atoms with Crippen LogP contribution in [0.5, 0.6) is 0 Å². The summed E-state index contributed by atoms with van der Waals surface area (Å²) >= 11 is 6.05. The van der Waals surface area contributed by atoms with Gasteiger partial charge in [0.1, 0.15) is 5.82 Å². The third-order valence-electron chi connectivity index (χ3n) is 4.44. The molecule has 7 heteroatoms. The van der Waals surface area contributed by atoms with Crippen molar-refractivity contribution >= 4 is 29.1 Å². The molecule has 0 bridgehead atoms. The van der Waals surface area contributed by atoms with Gasteiger partial charge in [-0.2, -0.15) is 0 Å². The predicted octanol–water partition coefficient (Wildman–Crippen LogP) is 4.15. The minimum Gasteiger partial charge on any atom is -0.475 e. The van der Waals surface area contributed by atoms with Crippen LogP contribution >= 0.6 is 11.6 Å². The Kier molecular flexibility index (Phi) is 6.24. The number of hydrogen-bond donors (Lipinski definition) is 1. The number of carbonyl (C=O) groups is 3. The lowest BCUT2D eigenvalue weighted by atomic mass is 10.1. The number of benzene rings is 2. The van der Waals surface area contributed by atoms with Crippen LogP contribution in [0.4, 0.5) is 4.39 Å². The number of carboxylic acid groups (broad SMARTS) is 1. The van der Waals surface area contributed by atoms with Crippen LogP contribution < -0.4 is 0 Å². The van der Waals surface area contributed by atoms with E-state index in [1.165, 1.54) is 12.1 Å². The van der Waals surface area contributed by atoms with Crippen LogP contribution in [0.15, 0.2) is 60.7 Å². The molecule has 0 radical (unpaired) electrons. The van der Waals surface area contributed by atoms with E-state index in [0.29, 0.717) is 11.4 Å². The summed E-state index contributed by atoms with van der Waals surface area (Å²) in [7, 11) is 0. The number of carbonyl (C=O) groups excluding carboxylic acids is 2. The Morgan fingerprint density at radius 2 is 1.69 bits per heavy atom. The van der Waals surface area contributed by atoms with Crippen molar-refractivity contribution in [1.82, 2.24) is 4.57 Å². The summed E-state index contributed by atoms with van der Waals surface area (Å²) in [5, 5.41) is 9.36. The number of carboxylic acids is 1. The van der Waals surface area contributed by atoms with E-state index in [4.69, 9.17) is 16.7 Å². The highest BCUT2D eigenvalue weighted by Crippen LogP contribution is 2.20. The molecule has 3 rings (SSSR count). The molecule has 0 amide bonds. The zero-order chi connectivity index (χ0) is 21.0. The van der Waals surface area contributed by atoms with Gasteiger partial charge < -0.3 is 9.67 Å². The van der Waals surface area contributed by atoms with Crippen molar-refractivity contribution in [3.05, 3.63) is 94.0 Å². The Labute approximate surface area is 171 Å². The fourth-order valence-corrected chi connectivity index (χ4v) is 3.25. The number of halogens is 2. The summed E-state index contributed by atoms with van der Waals surface area (Å²) < 4.78 is 14.9. The van der Waals surface area contributed by atoms with Crippen LogP contribution in [0.25, 0.3) is 0 Å². The van der Waals surface area contributed by atoms with Crippen LogP contribution in [-0.4, -0.2) is 27.2 Å². The number of aromatic nitrogens is 1. The van der Waals surface area contributed by atoms with E-state index in [9.17, 15) is 18.8 Å². The highest BCUT2D eigenvalue weighted by atomic mass is 35.5. The first-order valence-corrected chi connectivity index (χ1v) is 9.18. The van der Waals surface area contributed by atoms with Gasteiger partial charge in [-0.05, 0) is 47.5 Å². The van der Waals surface area contributed by atoms with Gasteiger partial charge in [-0.1, -0.05) is 35.9 Å². The molecule has 0 atom stereocenters. The Morgan fingerprint density at radius 1 is 0.966 bits per heavy atom. The van der Waals surface area contributed by atoms with Gasteiger partial charge in [0.25, 0.3) is 0 Å². The van der Waals surface area contributed by atoms with Gasteiger partial charge >= 0.3 is 5.97 Å². The summed E-state index contributed by atoms with van der Waals surface area (Å²) in [5.74, 6) is -3.77. The molecule has 0 unspecified atom stereocenters. The minimum atomic E-state index is -1.64. The molecule has 0 saturated heterocycles. The first-order chi connectivity index (χ1) is 13.8. The molecule has 0 spiro atoms. The summed E-state index contributed by atoms with van der Waals surface area (Å²) in [6, 6.07) is 16.5. The lowest BCUT2D eigenvalue weighted by Crippen LogP contribution is -2.20. The molecule has 0 saturated carbocycles. The van der Waals surface area contributed by atoms with Crippen LogP contribution in [-0.2, 0) is 22.6 Å². The van der Waals surface area contributed by atoms with E-state index in [2.05, 4.69) is 0 Å². The molecule has 0 aliphatic carbocycles. The molecule has 0 aliphatic rings. The third-order valence-corrected chi connectivity index (χ3v) is 4.68. The van der Waals surface area contributed by atoms with Gasteiger partial charge in [0.05, 0.1) is 12.1 Å². The van der Waals surface area contributed by atoms with E-state index < -0.39 is 24.0 Å². The molecule has 148 valence electrons. The Balaban J connectivity index is 1.95. The van der Waals surface area contributed by atoms with Crippen molar-refractivity contribution < 1.29 is 23.9 Å². The quantitative estimate of drug-likeness (QED) is 0.342. The SMILES string of the molecule is O=C(O)C(=O)CC(=O)c1ccc(Cc2cccc(Cl)c2)n1Cc1ccc(F)cc1. The second-order valence-corrected chi connectivity index (χ2v) is 6.99. The monoisotopic (exact) mass is 413 g/mol. The Bertz CT molecular complexity index is 1070. The van der Waals surface area contributed by atoms with Gasteiger partial charge in [-0.3, -0.25) is 9.59 Å².